The molecular formula is C23H44O3S. The molecule has 0 aliphatic carbocycles. The van der Waals surface area contributed by atoms with Crippen molar-refractivity contribution in [3.63, 3.8) is 0 Å². The van der Waals surface area contributed by atoms with Crippen LogP contribution in [-0.2, 0) is 9.53 Å². The molecule has 27 heavy (non-hydrogen) atoms. The van der Waals surface area contributed by atoms with E-state index in [1.807, 2.05) is 6.26 Å². The van der Waals surface area contributed by atoms with Crippen molar-refractivity contribution in [1.29, 1.82) is 0 Å². The van der Waals surface area contributed by atoms with Gasteiger partial charge in [0.15, 0.2) is 0 Å². The molecule has 0 aromatic rings. The first-order valence-electron chi connectivity index (χ1n) is 11.6. The van der Waals surface area contributed by atoms with Gasteiger partial charge < -0.3 is 9.84 Å². The van der Waals surface area contributed by atoms with Crippen LogP contribution in [0.1, 0.15) is 116 Å². The third-order valence-electron chi connectivity index (χ3n) is 5.74. The summed E-state index contributed by atoms with van der Waals surface area (Å²) in [5.74, 6) is -0.119. The number of esters is 1. The van der Waals surface area contributed by atoms with E-state index in [0.717, 1.165) is 12.8 Å². The molecule has 0 amide bonds. The second-order valence-corrected chi connectivity index (χ2v) is 9.24. The molecule has 1 rings (SSSR count). The molecule has 1 heterocycles. The third-order valence-corrected chi connectivity index (χ3v) is 6.74. The maximum Gasteiger partial charge on any atom is 0.323 e. The highest BCUT2D eigenvalue weighted by atomic mass is 32.2. The Labute approximate surface area is 172 Å². The number of ether oxygens (including phenoxy) is 1. The Morgan fingerprint density at radius 1 is 0.852 bits per heavy atom. The largest absolute Gasteiger partial charge is 0.460 e. The van der Waals surface area contributed by atoms with Crippen LogP contribution in [0.4, 0.5) is 0 Å². The van der Waals surface area contributed by atoms with E-state index >= 15 is 0 Å². The SMILES string of the molecule is CCCCCCCCCCCCCCCCCC(O)C[C@@H]1OC(=O)[C@H]1SC. The average molecular weight is 401 g/mol. The van der Waals surface area contributed by atoms with Crippen molar-refractivity contribution in [2.75, 3.05) is 6.26 Å². The highest BCUT2D eigenvalue weighted by molar-refractivity contribution is 8.00. The predicted octanol–water partition coefficient (Wildman–Crippen LogP) is 6.66. The molecule has 0 bridgehead atoms. The molecular weight excluding hydrogens is 356 g/mol. The molecule has 3 atom stereocenters. The standard InChI is InChI=1S/C23H44O3S/c1-3-4-5-6-7-8-9-10-11-12-13-14-15-16-17-18-20(24)19-21-22(27-2)23(25)26-21/h20-22,24H,3-19H2,1-2H3/t20?,21-,22-/m0/s1. The summed E-state index contributed by atoms with van der Waals surface area (Å²) in [6.07, 6.45) is 23.4. The van der Waals surface area contributed by atoms with Gasteiger partial charge in [-0.25, -0.2) is 0 Å². The Morgan fingerprint density at radius 3 is 1.70 bits per heavy atom. The van der Waals surface area contributed by atoms with Gasteiger partial charge in [0.25, 0.3) is 0 Å². The second-order valence-electron chi connectivity index (χ2n) is 8.26. The number of hydrogen-bond donors (Lipinski definition) is 1. The summed E-state index contributed by atoms with van der Waals surface area (Å²) in [4.78, 5) is 11.2. The molecule has 4 heteroatoms. The van der Waals surface area contributed by atoms with Gasteiger partial charge in [-0.05, 0) is 12.7 Å². The smallest absolute Gasteiger partial charge is 0.323 e. The minimum atomic E-state index is -0.320. The zero-order valence-corrected chi connectivity index (χ0v) is 18.7. The van der Waals surface area contributed by atoms with Crippen molar-refractivity contribution in [2.24, 2.45) is 0 Å². The third kappa shape index (κ3) is 12.1. The van der Waals surface area contributed by atoms with E-state index in [9.17, 15) is 9.90 Å². The Bertz CT molecular complexity index is 362. The number of carbonyl (C=O) groups excluding carboxylic acids is 1. The van der Waals surface area contributed by atoms with Gasteiger partial charge >= 0.3 is 5.97 Å². The molecule has 0 radical (unpaired) electrons. The van der Waals surface area contributed by atoms with E-state index < -0.39 is 0 Å². The number of cyclic esters (lactones) is 1. The van der Waals surface area contributed by atoms with Gasteiger partial charge in [0.1, 0.15) is 11.4 Å². The topological polar surface area (TPSA) is 46.5 Å². The highest BCUT2D eigenvalue weighted by Gasteiger charge is 2.42. The molecule has 3 nitrogen and oxygen atoms in total. The zero-order chi connectivity index (χ0) is 19.7. The van der Waals surface area contributed by atoms with Crippen LogP contribution in [0.5, 0.6) is 0 Å². The Kier molecular flexibility index (Phi) is 15.4. The number of unbranched alkanes of at least 4 members (excludes halogenated alkanes) is 14. The van der Waals surface area contributed by atoms with Gasteiger partial charge in [-0.3, -0.25) is 4.79 Å². The molecule has 0 saturated carbocycles. The van der Waals surface area contributed by atoms with Crippen LogP contribution in [0.2, 0.25) is 0 Å². The minimum Gasteiger partial charge on any atom is -0.460 e. The summed E-state index contributed by atoms with van der Waals surface area (Å²) < 4.78 is 5.12. The summed E-state index contributed by atoms with van der Waals surface area (Å²) in [7, 11) is 0. The second kappa shape index (κ2) is 16.7. The van der Waals surface area contributed by atoms with Crippen molar-refractivity contribution in [1.82, 2.24) is 0 Å². The highest BCUT2D eigenvalue weighted by Crippen LogP contribution is 2.29. The first-order valence-corrected chi connectivity index (χ1v) is 12.9. The van der Waals surface area contributed by atoms with Crippen molar-refractivity contribution in [2.45, 2.75) is 134 Å². The van der Waals surface area contributed by atoms with Gasteiger partial charge in [0.05, 0.1) is 6.10 Å². The predicted molar refractivity (Wildman–Crippen MR) is 117 cm³/mol. The molecule has 1 saturated heterocycles. The lowest BCUT2D eigenvalue weighted by molar-refractivity contribution is -0.169. The van der Waals surface area contributed by atoms with E-state index in [0.29, 0.717) is 6.42 Å². The molecule has 1 fully saturated rings. The van der Waals surface area contributed by atoms with Crippen LogP contribution >= 0.6 is 11.8 Å². The summed E-state index contributed by atoms with van der Waals surface area (Å²) in [6, 6.07) is 0. The van der Waals surface area contributed by atoms with Crippen LogP contribution < -0.4 is 0 Å². The minimum absolute atomic E-state index is 0.0549. The lowest BCUT2D eigenvalue weighted by Crippen LogP contribution is -2.49. The monoisotopic (exact) mass is 400 g/mol. The normalized spacial score (nSPS) is 20.3. The Morgan fingerprint density at radius 2 is 1.30 bits per heavy atom. The summed E-state index contributed by atoms with van der Waals surface area (Å²) >= 11 is 1.53. The Hall–Kier alpha value is -0.220. The van der Waals surface area contributed by atoms with Crippen molar-refractivity contribution < 1.29 is 14.6 Å². The van der Waals surface area contributed by atoms with Crippen LogP contribution in [0.3, 0.4) is 0 Å². The molecule has 0 aromatic heterocycles. The van der Waals surface area contributed by atoms with E-state index in [1.165, 1.54) is 102 Å². The number of aliphatic hydroxyl groups excluding tert-OH is 1. The molecule has 0 spiro atoms. The van der Waals surface area contributed by atoms with Crippen LogP contribution in [0.25, 0.3) is 0 Å². The summed E-state index contributed by atoms with van der Waals surface area (Å²) in [6.45, 7) is 2.28. The number of hydrogen-bond acceptors (Lipinski definition) is 4. The molecule has 1 N–H and O–H groups in total. The van der Waals surface area contributed by atoms with Crippen LogP contribution in [0.15, 0.2) is 0 Å². The van der Waals surface area contributed by atoms with E-state index in [4.69, 9.17) is 4.74 Å². The van der Waals surface area contributed by atoms with Crippen molar-refractivity contribution in [3.05, 3.63) is 0 Å². The summed E-state index contributed by atoms with van der Waals surface area (Å²) in [5.41, 5.74) is 0. The maximum atomic E-state index is 11.2. The number of carbonyl (C=O) groups is 1. The van der Waals surface area contributed by atoms with Gasteiger partial charge in [-0.1, -0.05) is 103 Å². The van der Waals surface area contributed by atoms with Crippen LogP contribution in [0, 0.1) is 0 Å². The number of rotatable bonds is 19. The molecule has 1 aliphatic heterocycles. The molecule has 160 valence electrons. The van der Waals surface area contributed by atoms with Crippen molar-refractivity contribution >= 4 is 17.7 Å². The first kappa shape index (κ1) is 24.8. The molecule has 0 aromatic carbocycles. The van der Waals surface area contributed by atoms with Crippen molar-refractivity contribution in [3.8, 4) is 0 Å². The zero-order valence-electron chi connectivity index (χ0n) is 17.9. The maximum absolute atomic E-state index is 11.2. The number of aliphatic hydroxyl groups is 1. The average Bonchev–Trinajstić information content (AvgIpc) is 2.64. The fourth-order valence-corrected chi connectivity index (χ4v) is 4.63. The Balaban J connectivity index is 1.77. The molecule has 1 aliphatic rings. The van der Waals surface area contributed by atoms with Gasteiger partial charge in [0, 0.05) is 6.42 Å². The first-order chi connectivity index (χ1) is 13.2. The van der Waals surface area contributed by atoms with E-state index in [1.54, 1.807) is 0 Å². The summed E-state index contributed by atoms with van der Waals surface area (Å²) in [5, 5.41) is 10.0. The number of thioether (sulfide) groups is 1. The molecule has 1 unspecified atom stereocenters. The quantitative estimate of drug-likeness (QED) is 0.195. The fourth-order valence-electron chi connectivity index (χ4n) is 3.91. The lowest BCUT2D eigenvalue weighted by atomic mass is 9.99. The van der Waals surface area contributed by atoms with E-state index in [-0.39, 0.29) is 23.4 Å². The van der Waals surface area contributed by atoms with Crippen LogP contribution in [-0.4, -0.2) is 34.8 Å². The van der Waals surface area contributed by atoms with Gasteiger partial charge in [0.2, 0.25) is 0 Å². The lowest BCUT2D eigenvalue weighted by Gasteiger charge is -2.35. The van der Waals surface area contributed by atoms with Gasteiger partial charge in [-0.15, -0.1) is 11.8 Å². The van der Waals surface area contributed by atoms with Gasteiger partial charge in [-0.2, -0.15) is 0 Å². The van der Waals surface area contributed by atoms with E-state index in [2.05, 4.69) is 6.92 Å². The fraction of sp³-hybridized carbons (Fsp3) is 0.957.